The Balaban J connectivity index is 1.77. The van der Waals surface area contributed by atoms with Crippen LogP contribution in [0.1, 0.15) is 25.7 Å². The van der Waals surface area contributed by atoms with Crippen LogP contribution in [-0.2, 0) is 4.74 Å². The first-order valence-electron chi connectivity index (χ1n) is 7.23. The van der Waals surface area contributed by atoms with Gasteiger partial charge >= 0.3 is 0 Å². The van der Waals surface area contributed by atoms with Crippen molar-refractivity contribution in [3.05, 3.63) is 29.0 Å². The van der Waals surface area contributed by atoms with E-state index in [1.165, 1.54) is 0 Å². The molecule has 0 N–H and O–H groups in total. The van der Waals surface area contributed by atoms with Crippen molar-refractivity contribution < 1.29 is 4.74 Å². The van der Waals surface area contributed by atoms with Crippen LogP contribution in [0.2, 0.25) is 0 Å². The van der Waals surface area contributed by atoms with Gasteiger partial charge in [0.15, 0.2) is 0 Å². The second-order valence-corrected chi connectivity index (χ2v) is 6.76. The molecule has 1 fully saturated rings. The van der Waals surface area contributed by atoms with Crippen LogP contribution in [0.3, 0.4) is 0 Å². The highest BCUT2D eigenvalue weighted by Crippen LogP contribution is 2.26. The predicted octanol–water partition coefficient (Wildman–Crippen LogP) is 3.95. The summed E-state index contributed by atoms with van der Waals surface area (Å²) in [5.41, 5.74) is 0. The minimum atomic E-state index is 0.389. The van der Waals surface area contributed by atoms with Crippen LogP contribution in [0.15, 0.2) is 29.0 Å². The van der Waals surface area contributed by atoms with Gasteiger partial charge in [-0.2, -0.15) is 0 Å². The van der Waals surface area contributed by atoms with Crippen molar-refractivity contribution in [3.8, 4) is 0 Å². The van der Waals surface area contributed by atoms with E-state index < -0.39 is 0 Å². The standard InChI is InChI=1S/C15H21Br2N3O/c1-20(15-18-10-12(17)11-19-15)13-4-6-14(7-5-13)21-9-3-2-8-16/h2-3,10-11,13-14H,4-9H2,1H3/b3-2+. The van der Waals surface area contributed by atoms with Crippen molar-refractivity contribution in [1.29, 1.82) is 0 Å². The highest BCUT2D eigenvalue weighted by molar-refractivity contribution is 9.10. The molecular formula is C15H21Br2N3O. The Hall–Kier alpha value is -0.460. The molecule has 1 heterocycles. The maximum Gasteiger partial charge on any atom is 0.225 e. The molecule has 0 radical (unpaired) electrons. The molecule has 2 rings (SSSR count). The maximum absolute atomic E-state index is 5.87. The number of halogens is 2. The topological polar surface area (TPSA) is 38.2 Å². The van der Waals surface area contributed by atoms with Crippen LogP contribution in [-0.4, -0.2) is 41.1 Å². The minimum absolute atomic E-state index is 0.389. The number of allylic oxidation sites excluding steroid dienone is 1. The molecule has 6 heteroatoms. The first-order chi connectivity index (χ1) is 10.2. The third kappa shape index (κ3) is 5.34. The van der Waals surface area contributed by atoms with Gasteiger partial charge in [-0.05, 0) is 41.6 Å². The number of alkyl halides is 1. The van der Waals surface area contributed by atoms with Crippen molar-refractivity contribution in [2.75, 3.05) is 23.9 Å². The highest BCUT2D eigenvalue weighted by atomic mass is 79.9. The van der Waals surface area contributed by atoms with Gasteiger partial charge in [-0.3, -0.25) is 0 Å². The lowest BCUT2D eigenvalue weighted by Crippen LogP contribution is -2.38. The van der Waals surface area contributed by atoms with Crippen molar-refractivity contribution >= 4 is 37.8 Å². The molecular weight excluding hydrogens is 398 g/mol. The Morgan fingerprint density at radius 2 is 1.90 bits per heavy atom. The van der Waals surface area contributed by atoms with E-state index in [4.69, 9.17) is 4.74 Å². The molecule has 0 atom stereocenters. The van der Waals surface area contributed by atoms with Gasteiger partial charge in [0.2, 0.25) is 5.95 Å². The Labute approximate surface area is 143 Å². The zero-order valence-corrected chi connectivity index (χ0v) is 15.4. The van der Waals surface area contributed by atoms with Gasteiger partial charge in [-0.1, -0.05) is 28.1 Å². The van der Waals surface area contributed by atoms with E-state index in [9.17, 15) is 0 Å². The molecule has 0 unspecified atom stereocenters. The highest BCUT2D eigenvalue weighted by Gasteiger charge is 2.25. The molecule has 0 aliphatic heterocycles. The third-order valence-electron chi connectivity index (χ3n) is 3.80. The smallest absolute Gasteiger partial charge is 0.225 e. The first kappa shape index (κ1) is 16.9. The lowest BCUT2D eigenvalue weighted by atomic mass is 9.92. The molecule has 1 aliphatic carbocycles. The van der Waals surface area contributed by atoms with Gasteiger partial charge < -0.3 is 9.64 Å². The largest absolute Gasteiger partial charge is 0.374 e. The molecule has 116 valence electrons. The summed E-state index contributed by atoms with van der Waals surface area (Å²) in [7, 11) is 2.08. The summed E-state index contributed by atoms with van der Waals surface area (Å²) >= 11 is 6.73. The van der Waals surface area contributed by atoms with Gasteiger partial charge in [0, 0.05) is 30.8 Å². The van der Waals surface area contributed by atoms with E-state index >= 15 is 0 Å². The van der Waals surface area contributed by atoms with Crippen molar-refractivity contribution in [2.45, 2.75) is 37.8 Å². The maximum atomic E-state index is 5.87. The Kier molecular flexibility index (Phi) is 7.13. The van der Waals surface area contributed by atoms with E-state index in [1.807, 2.05) is 0 Å². The second-order valence-electron chi connectivity index (χ2n) is 5.20. The second kappa shape index (κ2) is 8.86. The normalized spacial score (nSPS) is 22.6. The Morgan fingerprint density at radius 3 is 2.52 bits per heavy atom. The molecule has 21 heavy (non-hydrogen) atoms. The van der Waals surface area contributed by atoms with Crippen molar-refractivity contribution in [2.24, 2.45) is 0 Å². The van der Waals surface area contributed by atoms with Gasteiger partial charge in [0.1, 0.15) is 0 Å². The lowest BCUT2D eigenvalue weighted by molar-refractivity contribution is 0.0423. The fraction of sp³-hybridized carbons (Fsp3) is 0.600. The summed E-state index contributed by atoms with van der Waals surface area (Å²) in [4.78, 5) is 10.9. The van der Waals surface area contributed by atoms with Crippen molar-refractivity contribution in [3.63, 3.8) is 0 Å². The van der Waals surface area contributed by atoms with E-state index in [0.717, 1.165) is 41.4 Å². The van der Waals surface area contributed by atoms with E-state index in [-0.39, 0.29) is 0 Å². The zero-order chi connectivity index (χ0) is 15.1. The average Bonchev–Trinajstić information content (AvgIpc) is 2.52. The monoisotopic (exact) mass is 417 g/mol. The third-order valence-corrected chi connectivity index (χ3v) is 4.58. The van der Waals surface area contributed by atoms with Gasteiger partial charge in [0.05, 0.1) is 17.2 Å². The average molecular weight is 419 g/mol. The first-order valence-corrected chi connectivity index (χ1v) is 9.15. The summed E-state index contributed by atoms with van der Waals surface area (Å²) in [6.07, 6.45) is 12.6. The van der Waals surface area contributed by atoms with Crippen LogP contribution in [0.5, 0.6) is 0 Å². The molecule has 4 nitrogen and oxygen atoms in total. The number of aromatic nitrogens is 2. The SMILES string of the molecule is CN(c1ncc(Br)cn1)C1CCC(OC/C=C/CBr)CC1. The molecule has 0 aromatic carbocycles. The zero-order valence-electron chi connectivity index (χ0n) is 12.2. The number of nitrogens with zero attached hydrogens (tertiary/aromatic N) is 3. The number of hydrogen-bond acceptors (Lipinski definition) is 4. The molecule has 0 amide bonds. The molecule has 0 saturated heterocycles. The summed E-state index contributed by atoms with van der Waals surface area (Å²) in [5, 5.41) is 0.890. The van der Waals surface area contributed by atoms with Crippen LogP contribution < -0.4 is 4.90 Å². The molecule has 0 spiro atoms. The predicted molar refractivity (Wildman–Crippen MR) is 93.1 cm³/mol. The molecule has 0 bridgehead atoms. The van der Waals surface area contributed by atoms with Crippen LogP contribution in [0, 0.1) is 0 Å². The number of hydrogen-bond donors (Lipinski definition) is 0. The van der Waals surface area contributed by atoms with Crippen LogP contribution in [0.4, 0.5) is 5.95 Å². The molecule has 1 aliphatic rings. The Morgan fingerprint density at radius 1 is 1.24 bits per heavy atom. The molecule has 1 saturated carbocycles. The summed E-state index contributed by atoms with van der Waals surface area (Å²) < 4.78 is 6.78. The fourth-order valence-corrected chi connectivity index (χ4v) is 3.04. The molecule has 1 aromatic heterocycles. The number of ether oxygens (including phenoxy) is 1. The minimum Gasteiger partial charge on any atom is -0.374 e. The van der Waals surface area contributed by atoms with Gasteiger partial charge in [0.25, 0.3) is 0 Å². The van der Waals surface area contributed by atoms with Gasteiger partial charge in [-0.25, -0.2) is 9.97 Å². The van der Waals surface area contributed by atoms with Crippen molar-refractivity contribution in [1.82, 2.24) is 9.97 Å². The number of anilines is 1. The molecule has 1 aromatic rings. The summed E-state index contributed by atoms with van der Waals surface area (Å²) in [6.45, 7) is 0.715. The number of rotatable bonds is 6. The fourth-order valence-electron chi connectivity index (χ4n) is 2.57. The summed E-state index contributed by atoms with van der Waals surface area (Å²) in [5.74, 6) is 0.794. The quantitative estimate of drug-likeness (QED) is 0.517. The Bertz CT molecular complexity index is 445. The van der Waals surface area contributed by atoms with Gasteiger partial charge in [-0.15, -0.1) is 0 Å². The lowest BCUT2D eigenvalue weighted by Gasteiger charge is -2.34. The van der Waals surface area contributed by atoms with E-state index in [0.29, 0.717) is 18.8 Å². The van der Waals surface area contributed by atoms with E-state index in [1.54, 1.807) is 12.4 Å². The van der Waals surface area contributed by atoms with Crippen LogP contribution >= 0.6 is 31.9 Å². The summed E-state index contributed by atoms with van der Waals surface area (Å²) in [6, 6.07) is 0.504. The van der Waals surface area contributed by atoms with E-state index in [2.05, 4.69) is 65.9 Å². The van der Waals surface area contributed by atoms with Crippen LogP contribution in [0.25, 0.3) is 0 Å².